The summed E-state index contributed by atoms with van der Waals surface area (Å²) >= 11 is 0. The van der Waals surface area contributed by atoms with Crippen LogP contribution in [0.3, 0.4) is 0 Å². The third-order valence-electron chi connectivity index (χ3n) is 2.75. The van der Waals surface area contributed by atoms with Crippen LogP contribution >= 0.6 is 12.4 Å². The van der Waals surface area contributed by atoms with E-state index in [0.29, 0.717) is 25.9 Å². The maximum atomic E-state index is 11.5. The van der Waals surface area contributed by atoms with Gasteiger partial charge in [-0.1, -0.05) is 0 Å². The first-order chi connectivity index (χ1) is 9.52. The van der Waals surface area contributed by atoms with Gasteiger partial charge in [-0.3, -0.25) is 14.9 Å². The topological polar surface area (TPSA) is 110 Å². The van der Waals surface area contributed by atoms with E-state index in [4.69, 9.17) is 5.73 Å². The Morgan fingerprint density at radius 1 is 1.38 bits per heavy atom. The molecule has 1 aromatic rings. The number of amides is 1. The number of nitrogens with zero attached hydrogens (tertiary/aromatic N) is 1. The fourth-order valence-corrected chi connectivity index (χ4v) is 1.59. The number of nitro benzene ring substituents is 1. The maximum absolute atomic E-state index is 11.5. The van der Waals surface area contributed by atoms with Gasteiger partial charge in [-0.15, -0.1) is 12.4 Å². The first kappa shape index (κ1) is 19.1. The minimum Gasteiger partial charge on any atom is -0.385 e. The van der Waals surface area contributed by atoms with Gasteiger partial charge >= 0.3 is 0 Å². The molecule has 0 aromatic heterocycles. The number of rotatable bonds is 8. The van der Waals surface area contributed by atoms with E-state index in [1.807, 2.05) is 6.92 Å². The average molecular weight is 317 g/mol. The highest BCUT2D eigenvalue weighted by atomic mass is 35.5. The van der Waals surface area contributed by atoms with Crippen LogP contribution in [0, 0.1) is 10.1 Å². The molecular formula is C13H21ClN4O3. The minimum absolute atomic E-state index is 0. The minimum atomic E-state index is -0.438. The summed E-state index contributed by atoms with van der Waals surface area (Å²) in [7, 11) is 0. The van der Waals surface area contributed by atoms with E-state index in [9.17, 15) is 14.9 Å². The number of benzene rings is 1. The van der Waals surface area contributed by atoms with Gasteiger partial charge in [-0.2, -0.15) is 0 Å². The van der Waals surface area contributed by atoms with Crippen LogP contribution in [0.1, 0.15) is 19.8 Å². The number of hydrogen-bond acceptors (Lipinski definition) is 5. The van der Waals surface area contributed by atoms with Gasteiger partial charge < -0.3 is 16.4 Å². The number of carbonyl (C=O) groups excluding carboxylic acids is 1. The van der Waals surface area contributed by atoms with Crippen molar-refractivity contribution in [3.8, 4) is 0 Å². The van der Waals surface area contributed by atoms with E-state index < -0.39 is 4.92 Å². The fourth-order valence-electron chi connectivity index (χ4n) is 1.59. The largest absolute Gasteiger partial charge is 0.385 e. The summed E-state index contributed by atoms with van der Waals surface area (Å²) in [6.07, 6.45) is 1.10. The zero-order valence-corrected chi connectivity index (χ0v) is 12.7. The van der Waals surface area contributed by atoms with Crippen LogP contribution in [0.15, 0.2) is 24.3 Å². The van der Waals surface area contributed by atoms with Crippen LogP contribution in [-0.4, -0.2) is 30.0 Å². The van der Waals surface area contributed by atoms with Crippen LogP contribution in [0.4, 0.5) is 11.4 Å². The number of carbonyl (C=O) groups is 1. The van der Waals surface area contributed by atoms with Crippen LogP contribution in [0.25, 0.3) is 0 Å². The lowest BCUT2D eigenvalue weighted by Crippen LogP contribution is -2.37. The van der Waals surface area contributed by atoms with E-state index >= 15 is 0 Å². The molecule has 0 fully saturated rings. The summed E-state index contributed by atoms with van der Waals surface area (Å²) in [5, 5.41) is 16.4. The Hall–Kier alpha value is -1.86. The molecule has 0 radical (unpaired) electrons. The summed E-state index contributed by atoms with van der Waals surface area (Å²) in [6, 6.07) is 6.17. The van der Waals surface area contributed by atoms with Crippen molar-refractivity contribution in [1.29, 1.82) is 0 Å². The zero-order valence-electron chi connectivity index (χ0n) is 11.9. The first-order valence-electron chi connectivity index (χ1n) is 6.50. The molecule has 0 heterocycles. The highest BCUT2D eigenvalue weighted by Crippen LogP contribution is 2.15. The SMILES string of the molecule is C[C@@H](CN)NC(=O)CCCNc1ccc([N+](=O)[O-])cc1.Cl. The highest BCUT2D eigenvalue weighted by molar-refractivity contribution is 5.85. The zero-order chi connectivity index (χ0) is 15.0. The number of nitrogens with two attached hydrogens (primary N) is 1. The molecule has 0 aliphatic carbocycles. The molecule has 1 rings (SSSR count). The lowest BCUT2D eigenvalue weighted by molar-refractivity contribution is -0.384. The second-order valence-electron chi connectivity index (χ2n) is 4.54. The van der Waals surface area contributed by atoms with Gasteiger partial charge in [0, 0.05) is 43.4 Å². The summed E-state index contributed by atoms with van der Waals surface area (Å²) in [5.74, 6) is -0.0200. The lowest BCUT2D eigenvalue weighted by atomic mass is 10.2. The summed E-state index contributed by atoms with van der Waals surface area (Å²) in [6.45, 7) is 2.90. The molecule has 0 bridgehead atoms. The quantitative estimate of drug-likeness (QED) is 0.384. The second kappa shape index (κ2) is 9.95. The van der Waals surface area contributed by atoms with Crippen molar-refractivity contribution >= 4 is 29.7 Å². The van der Waals surface area contributed by atoms with E-state index in [2.05, 4.69) is 10.6 Å². The van der Waals surface area contributed by atoms with Crippen molar-refractivity contribution in [2.24, 2.45) is 5.73 Å². The number of nitrogens with one attached hydrogen (secondary N) is 2. The van der Waals surface area contributed by atoms with Gasteiger partial charge in [-0.25, -0.2) is 0 Å². The summed E-state index contributed by atoms with van der Waals surface area (Å²) in [4.78, 5) is 21.5. The Kier molecular flexibility index (Phi) is 9.07. The third kappa shape index (κ3) is 7.48. The molecule has 0 aliphatic heterocycles. The Morgan fingerprint density at radius 2 is 2.00 bits per heavy atom. The molecule has 1 atom stereocenters. The molecular weight excluding hydrogens is 296 g/mol. The monoisotopic (exact) mass is 316 g/mol. The van der Waals surface area contributed by atoms with E-state index in [-0.39, 0.29) is 30.0 Å². The number of anilines is 1. The number of halogens is 1. The predicted octanol–water partition coefficient (Wildman–Crippen LogP) is 1.67. The van der Waals surface area contributed by atoms with E-state index in [1.165, 1.54) is 12.1 Å². The van der Waals surface area contributed by atoms with Crippen molar-refractivity contribution in [3.05, 3.63) is 34.4 Å². The van der Waals surface area contributed by atoms with Crippen molar-refractivity contribution < 1.29 is 9.72 Å². The Balaban J connectivity index is 0.00000400. The molecule has 7 nitrogen and oxygen atoms in total. The Morgan fingerprint density at radius 3 is 2.52 bits per heavy atom. The molecule has 1 amide bonds. The number of hydrogen-bond donors (Lipinski definition) is 3. The van der Waals surface area contributed by atoms with Gasteiger partial charge in [0.2, 0.25) is 5.91 Å². The number of nitro groups is 1. The molecule has 0 aliphatic rings. The average Bonchev–Trinajstić information content (AvgIpc) is 2.44. The van der Waals surface area contributed by atoms with Gasteiger partial charge in [0.1, 0.15) is 0 Å². The number of non-ortho nitro benzene ring substituents is 1. The van der Waals surface area contributed by atoms with Gasteiger partial charge in [0.25, 0.3) is 5.69 Å². The molecule has 0 spiro atoms. The van der Waals surface area contributed by atoms with Crippen LogP contribution in [0.2, 0.25) is 0 Å². The Labute approximate surface area is 129 Å². The maximum Gasteiger partial charge on any atom is 0.269 e. The standard InChI is InChI=1S/C13H20N4O3.ClH/c1-10(9-14)16-13(18)3-2-8-15-11-4-6-12(7-5-11)17(19)20;/h4-7,10,15H,2-3,8-9,14H2,1H3,(H,16,18);1H/t10-;/m0./s1. The van der Waals surface area contributed by atoms with Crippen LogP contribution in [-0.2, 0) is 4.79 Å². The molecule has 1 aromatic carbocycles. The van der Waals surface area contributed by atoms with Crippen LogP contribution in [0.5, 0.6) is 0 Å². The molecule has 8 heteroatoms. The van der Waals surface area contributed by atoms with Gasteiger partial charge in [0.05, 0.1) is 4.92 Å². The summed E-state index contributed by atoms with van der Waals surface area (Å²) in [5.41, 5.74) is 6.27. The van der Waals surface area contributed by atoms with Crippen molar-refractivity contribution in [2.45, 2.75) is 25.8 Å². The second-order valence-corrected chi connectivity index (χ2v) is 4.54. The molecule has 118 valence electrons. The normalized spacial score (nSPS) is 11.1. The van der Waals surface area contributed by atoms with Crippen molar-refractivity contribution in [3.63, 3.8) is 0 Å². The summed E-state index contributed by atoms with van der Waals surface area (Å²) < 4.78 is 0. The fraction of sp³-hybridized carbons (Fsp3) is 0.462. The molecule has 21 heavy (non-hydrogen) atoms. The highest BCUT2D eigenvalue weighted by Gasteiger charge is 2.06. The van der Waals surface area contributed by atoms with Gasteiger partial charge in [-0.05, 0) is 25.5 Å². The van der Waals surface area contributed by atoms with E-state index in [1.54, 1.807) is 12.1 Å². The van der Waals surface area contributed by atoms with Crippen molar-refractivity contribution in [2.75, 3.05) is 18.4 Å². The van der Waals surface area contributed by atoms with E-state index in [0.717, 1.165) is 5.69 Å². The molecule has 0 saturated heterocycles. The van der Waals surface area contributed by atoms with Crippen molar-refractivity contribution in [1.82, 2.24) is 5.32 Å². The predicted molar refractivity (Wildman–Crippen MR) is 84.7 cm³/mol. The van der Waals surface area contributed by atoms with Crippen LogP contribution < -0.4 is 16.4 Å². The third-order valence-corrected chi connectivity index (χ3v) is 2.75. The Bertz CT molecular complexity index is 453. The first-order valence-corrected chi connectivity index (χ1v) is 6.50. The smallest absolute Gasteiger partial charge is 0.269 e. The molecule has 0 saturated carbocycles. The lowest BCUT2D eigenvalue weighted by Gasteiger charge is -2.11. The van der Waals surface area contributed by atoms with Gasteiger partial charge in [0.15, 0.2) is 0 Å². The molecule has 0 unspecified atom stereocenters. The molecule has 4 N–H and O–H groups in total.